The third-order valence-electron chi connectivity index (χ3n) is 3.38. The van der Waals surface area contributed by atoms with Crippen LogP contribution in [-0.2, 0) is 6.54 Å². The molecule has 0 unspecified atom stereocenters. The molecule has 0 aliphatic rings. The Balaban J connectivity index is 1.96. The highest BCUT2D eigenvalue weighted by atomic mass is 16.3. The van der Waals surface area contributed by atoms with Gasteiger partial charge < -0.3 is 15.4 Å². The monoisotopic (exact) mass is 246 g/mol. The number of aliphatic hydroxyl groups is 1. The van der Waals surface area contributed by atoms with Crippen LogP contribution in [0.5, 0.6) is 0 Å². The van der Waals surface area contributed by atoms with E-state index in [0.717, 1.165) is 19.5 Å². The molecule has 0 saturated carbocycles. The highest BCUT2D eigenvalue weighted by Gasteiger charge is 2.16. The molecule has 0 bridgehead atoms. The van der Waals surface area contributed by atoms with Gasteiger partial charge in [0, 0.05) is 31.4 Å². The Morgan fingerprint density at radius 2 is 2.11 bits per heavy atom. The van der Waals surface area contributed by atoms with E-state index in [0.29, 0.717) is 0 Å². The van der Waals surface area contributed by atoms with E-state index in [2.05, 4.69) is 48.4 Å². The summed E-state index contributed by atoms with van der Waals surface area (Å²) in [5, 5.41) is 13.7. The summed E-state index contributed by atoms with van der Waals surface area (Å²) in [5.41, 5.74) is 2.64. The number of benzene rings is 1. The van der Waals surface area contributed by atoms with Crippen LogP contribution in [0.25, 0.3) is 10.9 Å². The van der Waals surface area contributed by atoms with Crippen molar-refractivity contribution >= 4 is 10.9 Å². The van der Waals surface area contributed by atoms with Crippen LogP contribution < -0.4 is 5.32 Å². The average Bonchev–Trinajstić information content (AvgIpc) is 2.77. The van der Waals surface area contributed by atoms with Gasteiger partial charge in [-0.3, -0.25) is 0 Å². The van der Waals surface area contributed by atoms with Crippen LogP contribution in [0.15, 0.2) is 30.5 Å². The third-order valence-corrected chi connectivity index (χ3v) is 3.38. The first kappa shape index (κ1) is 13.1. The molecule has 0 aliphatic carbocycles. The van der Waals surface area contributed by atoms with Gasteiger partial charge in [-0.2, -0.15) is 0 Å². The van der Waals surface area contributed by atoms with E-state index >= 15 is 0 Å². The minimum Gasteiger partial charge on any atom is -0.396 e. The summed E-state index contributed by atoms with van der Waals surface area (Å²) in [6.07, 6.45) is 2.80. The molecular formula is C15H22N2O. The van der Waals surface area contributed by atoms with Gasteiger partial charge in [0.2, 0.25) is 0 Å². The molecule has 3 N–H and O–H groups in total. The molecule has 0 radical (unpaired) electrons. The van der Waals surface area contributed by atoms with Gasteiger partial charge in [-0.1, -0.05) is 32.0 Å². The quantitative estimate of drug-likeness (QED) is 0.734. The Morgan fingerprint density at radius 1 is 1.28 bits per heavy atom. The number of hydrogen-bond donors (Lipinski definition) is 3. The lowest BCUT2D eigenvalue weighted by Crippen LogP contribution is -2.29. The lowest BCUT2D eigenvalue weighted by Gasteiger charge is -2.24. The average molecular weight is 246 g/mol. The smallest absolute Gasteiger partial charge is 0.0499 e. The molecule has 98 valence electrons. The van der Waals surface area contributed by atoms with Crippen LogP contribution in [0.4, 0.5) is 0 Å². The summed E-state index contributed by atoms with van der Waals surface area (Å²) in [6, 6.07) is 8.44. The molecule has 1 heterocycles. The fourth-order valence-electron chi connectivity index (χ4n) is 2.22. The number of aromatic amines is 1. The van der Waals surface area contributed by atoms with E-state index in [4.69, 9.17) is 5.11 Å². The molecule has 0 aliphatic heterocycles. The second-order valence-corrected chi connectivity index (χ2v) is 5.60. The molecule has 0 spiro atoms. The lowest BCUT2D eigenvalue weighted by atomic mass is 9.90. The number of aromatic nitrogens is 1. The number of H-pyrrole nitrogens is 1. The van der Waals surface area contributed by atoms with Crippen molar-refractivity contribution in [3.8, 4) is 0 Å². The van der Waals surface area contributed by atoms with Gasteiger partial charge in [0.1, 0.15) is 0 Å². The van der Waals surface area contributed by atoms with E-state index in [-0.39, 0.29) is 12.0 Å². The summed E-state index contributed by atoms with van der Waals surface area (Å²) in [4.78, 5) is 3.28. The molecule has 3 heteroatoms. The zero-order valence-electron chi connectivity index (χ0n) is 11.2. The van der Waals surface area contributed by atoms with Crippen LogP contribution in [0.3, 0.4) is 0 Å². The number of nitrogens with one attached hydrogen (secondary N) is 2. The second kappa shape index (κ2) is 5.55. The van der Waals surface area contributed by atoms with Gasteiger partial charge in [-0.05, 0) is 28.9 Å². The largest absolute Gasteiger partial charge is 0.396 e. The first-order valence-electron chi connectivity index (χ1n) is 6.49. The molecule has 3 nitrogen and oxygen atoms in total. The molecule has 1 aromatic heterocycles. The standard InChI is InChI=1S/C15H22N2O/c1-15(2,7-9-18)11-16-10-13-5-3-4-12-6-8-17-14(12)13/h3-6,8,16-18H,7,9-11H2,1-2H3. The van der Waals surface area contributed by atoms with E-state index in [1.807, 2.05) is 6.20 Å². The summed E-state index contributed by atoms with van der Waals surface area (Å²) in [6.45, 7) is 6.36. The summed E-state index contributed by atoms with van der Waals surface area (Å²) < 4.78 is 0. The number of rotatable bonds is 6. The van der Waals surface area contributed by atoms with Gasteiger partial charge in [0.05, 0.1) is 0 Å². The minimum absolute atomic E-state index is 0.137. The minimum atomic E-state index is 0.137. The van der Waals surface area contributed by atoms with Gasteiger partial charge >= 0.3 is 0 Å². The van der Waals surface area contributed by atoms with Gasteiger partial charge in [-0.25, -0.2) is 0 Å². The molecule has 0 fully saturated rings. The molecule has 1 aromatic carbocycles. The SMILES string of the molecule is CC(C)(CCO)CNCc1cccc2cc[nH]c12. The fourth-order valence-corrected chi connectivity index (χ4v) is 2.22. The van der Waals surface area contributed by atoms with E-state index in [1.165, 1.54) is 16.5 Å². The Hall–Kier alpha value is -1.32. The topological polar surface area (TPSA) is 48.0 Å². The Bertz CT molecular complexity index is 502. The Kier molecular flexibility index (Phi) is 4.04. The molecule has 2 aromatic rings. The molecule has 2 rings (SSSR count). The normalized spacial score (nSPS) is 12.2. The van der Waals surface area contributed by atoms with Gasteiger partial charge in [-0.15, -0.1) is 0 Å². The number of hydrogen-bond acceptors (Lipinski definition) is 2. The maximum Gasteiger partial charge on any atom is 0.0499 e. The molecule has 0 saturated heterocycles. The number of para-hydroxylation sites is 1. The summed E-state index contributed by atoms with van der Waals surface area (Å²) >= 11 is 0. The predicted molar refractivity (Wildman–Crippen MR) is 75.5 cm³/mol. The van der Waals surface area contributed by atoms with Crippen LogP contribution in [0.1, 0.15) is 25.8 Å². The second-order valence-electron chi connectivity index (χ2n) is 5.60. The third kappa shape index (κ3) is 3.12. The van der Waals surface area contributed by atoms with Crippen molar-refractivity contribution in [3.63, 3.8) is 0 Å². The van der Waals surface area contributed by atoms with Crippen molar-refractivity contribution in [2.45, 2.75) is 26.8 Å². The van der Waals surface area contributed by atoms with E-state index in [1.54, 1.807) is 0 Å². The van der Waals surface area contributed by atoms with Gasteiger partial charge in [0.15, 0.2) is 0 Å². The van der Waals surface area contributed by atoms with Crippen LogP contribution in [0, 0.1) is 5.41 Å². The summed E-state index contributed by atoms with van der Waals surface area (Å²) in [5.74, 6) is 0. The van der Waals surface area contributed by atoms with Crippen molar-refractivity contribution in [3.05, 3.63) is 36.0 Å². The first-order valence-corrected chi connectivity index (χ1v) is 6.49. The maximum atomic E-state index is 9.00. The number of aliphatic hydroxyl groups excluding tert-OH is 1. The number of fused-ring (bicyclic) bond motifs is 1. The van der Waals surface area contributed by atoms with E-state index in [9.17, 15) is 0 Å². The Morgan fingerprint density at radius 3 is 2.89 bits per heavy atom. The molecule has 18 heavy (non-hydrogen) atoms. The molecular weight excluding hydrogens is 224 g/mol. The maximum absolute atomic E-state index is 9.00. The Labute approximate surface area is 108 Å². The highest BCUT2D eigenvalue weighted by molar-refractivity contribution is 5.82. The van der Waals surface area contributed by atoms with E-state index < -0.39 is 0 Å². The zero-order chi connectivity index (χ0) is 13.0. The fraction of sp³-hybridized carbons (Fsp3) is 0.467. The van der Waals surface area contributed by atoms with Crippen molar-refractivity contribution in [2.75, 3.05) is 13.2 Å². The molecule has 0 atom stereocenters. The zero-order valence-corrected chi connectivity index (χ0v) is 11.2. The van der Waals surface area contributed by atoms with Crippen molar-refractivity contribution < 1.29 is 5.11 Å². The van der Waals surface area contributed by atoms with Crippen molar-refractivity contribution in [1.82, 2.24) is 10.3 Å². The lowest BCUT2D eigenvalue weighted by molar-refractivity contribution is 0.207. The first-order chi connectivity index (χ1) is 8.62. The predicted octanol–water partition coefficient (Wildman–Crippen LogP) is 2.67. The highest BCUT2D eigenvalue weighted by Crippen LogP contribution is 2.20. The van der Waals surface area contributed by atoms with Crippen LogP contribution in [-0.4, -0.2) is 23.2 Å². The van der Waals surface area contributed by atoms with Crippen molar-refractivity contribution in [2.24, 2.45) is 5.41 Å². The van der Waals surface area contributed by atoms with Crippen LogP contribution >= 0.6 is 0 Å². The van der Waals surface area contributed by atoms with Gasteiger partial charge in [0.25, 0.3) is 0 Å². The van der Waals surface area contributed by atoms with Crippen molar-refractivity contribution in [1.29, 1.82) is 0 Å². The summed E-state index contributed by atoms with van der Waals surface area (Å²) in [7, 11) is 0. The molecule has 0 amide bonds. The van der Waals surface area contributed by atoms with Crippen LogP contribution in [0.2, 0.25) is 0 Å².